The van der Waals surface area contributed by atoms with Gasteiger partial charge in [0.25, 0.3) is 0 Å². The highest BCUT2D eigenvalue weighted by Crippen LogP contribution is 2.37. The number of halogens is 2. The second kappa shape index (κ2) is 3.45. The summed E-state index contributed by atoms with van der Waals surface area (Å²) in [4.78, 5) is 0. The molecule has 0 spiro atoms. The fraction of sp³-hybridized carbons (Fsp3) is 0.455. The third-order valence-corrected chi connectivity index (χ3v) is 2.94. The van der Waals surface area contributed by atoms with Gasteiger partial charge in [-0.2, -0.15) is 4.39 Å². The Hall–Kier alpha value is -1.16. The van der Waals surface area contributed by atoms with Gasteiger partial charge in [0, 0.05) is 5.54 Å². The highest BCUT2D eigenvalue weighted by molar-refractivity contribution is 5.34. The van der Waals surface area contributed by atoms with Crippen molar-refractivity contribution in [3.63, 3.8) is 0 Å². The van der Waals surface area contributed by atoms with Gasteiger partial charge in [-0.25, -0.2) is 4.39 Å². The van der Waals surface area contributed by atoms with Gasteiger partial charge in [0.05, 0.1) is 0 Å². The predicted octanol–water partition coefficient (Wildman–Crippen LogP) is 2.09. The van der Waals surface area contributed by atoms with Gasteiger partial charge in [0.1, 0.15) is 0 Å². The zero-order valence-electron chi connectivity index (χ0n) is 8.26. The quantitative estimate of drug-likeness (QED) is 0.807. The number of rotatable bonds is 3. The first-order valence-electron chi connectivity index (χ1n) is 4.97. The molecular formula is C11H13F2NO. The molecule has 0 heterocycles. The van der Waals surface area contributed by atoms with E-state index in [9.17, 15) is 13.9 Å². The van der Waals surface area contributed by atoms with E-state index >= 15 is 0 Å². The van der Waals surface area contributed by atoms with Gasteiger partial charge in [-0.1, -0.05) is 6.07 Å². The van der Waals surface area contributed by atoms with Gasteiger partial charge >= 0.3 is 0 Å². The summed E-state index contributed by atoms with van der Waals surface area (Å²) < 4.78 is 25.7. The van der Waals surface area contributed by atoms with Crippen molar-refractivity contribution < 1.29 is 13.9 Å². The Morgan fingerprint density at radius 3 is 2.60 bits per heavy atom. The number of nitrogens with two attached hydrogens (primary N) is 1. The molecule has 3 N–H and O–H groups in total. The van der Waals surface area contributed by atoms with E-state index < -0.39 is 17.4 Å². The molecule has 82 valence electrons. The third-order valence-electron chi connectivity index (χ3n) is 2.94. The Balaban J connectivity index is 2.11. The molecule has 1 aliphatic carbocycles. The van der Waals surface area contributed by atoms with Gasteiger partial charge in [-0.3, -0.25) is 0 Å². The summed E-state index contributed by atoms with van der Waals surface area (Å²) in [7, 11) is 0. The van der Waals surface area contributed by atoms with E-state index in [4.69, 9.17) is 5.73 Å². The first-order valence-corrected chi connectivity index (χ1v) is 4.97. The Labute approximate surface area is 86.7 Å². The summed E-state index contributed by atoms with van der Waals surface area (Å²) in [5, 5.41) is 9.34. The number of aromatic hydroxyl groups is 1. The van der Waals surface area contributed by atoms with Crippen LogP contribution in [0.15, 0.2) is 12.1 Å². The average Bonchev–Trinajstić information content (AvgIpc) is 2.93. The van der Waals surface area contributed by atoms with Crippen LogP contribution in [0.5, 0.6) is 5.75 Å². The number of phenols is 1. The molecule has 0 aromatic heterocycles. The third kappa shape index (κ3) is 2.09. The average molecular weight is 213 g/mol. The molecule has 1 aromatic carbocycles. The van der Waals surface area contributed by atoms with E-state index in [0.717, 1.165) is 18.9 Å². The molecule has 0 radical (unpaired) electrons. The Morgan fingerprint density at radius 2 is 2.00 bits per heavy atom. The lowest BCUT2D eigenvalue weighted by Crippen LogP contribution is -2.22. The SMILES string of the molecule is NC1(CCc2ccc(F)c(F)c2O)CC1. The van der Waals surface area contributed by atoms with Crippen LogP contribution in [-0.2, 0) is 6.42 Å². The van der Waals surface area contributed by atoms with Crippen molar-refractivity contribution in [1.29, 1.82) is 0 Å². The summed E-state index contributed by atoms with van der Waals surface area (Å²) in [6.45, 7) is 0. The second-order valence-corrected chi connectivity index (χ2v) is 4.23. The molecule has 0 aliphatic heterocycles. The molecule has 0 unspecified atom stereocenters. The summed E-state index contributed by atoms with van der Waals surface area (Å²) in [5.74, 6) is -2.78. The number of aryl methyl sites for hydroxylation is 1. The summed E-state index contributed by atoms with van der Waals surface area (Å²) in [6.07, 6.45) is 3.13. The minimum atomic E-state index is -1.17. The number of phenolic OH excluding ortho intramolecular Hbond substituents is 1. The molecule has 2 nitrogen and oxygen atoms in total. The van der Waals surface area contributed by atoms with E-state index in [2.05, 4.69) is 0 Å². The summed E-state index contributed by atoms with van der Waals surface area (Å²) in [5.41, 5.74) is 6.14. The Morgan fingerprint density at radius 1 is 1.33 bits per heavy atom. The molecule has 0 amide bonds. The van der Waals surface area contributed by atoms with Crippen LogP contribution in [0, 0.1) is 11.6 Å². The van der Waals surface area contributed by atoms with Crippen LogP contribution in [0.4, 0.5) is 8.78 Å². The number of hydrogen-bond donors (Lipinski definition) is 2. The molecule has 1 fully saturated rings. The molecule has 0 bridgehead atoms. The lowest BCUT2D eigenvalue weighted by atomic mass is 10.0. The molecule has 1 aliphatic rings. The number of benzene rings is 1. The largest absolute Gasteiger partial charge is 0.505 e. The summed E-state index contributed by atoms with van der Waals surface area (Å²) in [6, 6.07) is 2.43. The molecule has 4 heteroatoms. The minimum Gasteiger partial charge on any atom is -0.505 e. The fourth-order valence-corrected chi connectivity index (χ4v) is 1.58. The van der Waals surface area contributed by atoms with Gasteiger partial charge in [0.15, 0.2) is 11.6 Å². The maximum Gasteiger partial charge on any atom is 0.200 e. The van der Waals surface area contributed by atoms with Crippen LogP contribution in [0.3, 0.4) is 0 Å². The maximum atomic E-state index is 13.0. The van der Waals surface area contributed by atoms with Gasteiger partial charge < -0.3 is 10.8 Å². The molecule has 15 heavy (non-hydrogen) atoms. The van der Waals surface area contributed by atoms with Crippen molar-refractivity contribution in [1.82, 2.24) is 0 Å². The van der Waals surface area contributed by atoms with Crippen molar-refractivity contribution in [2.24, 2.45) is 5.73 Å². The molecule has 1 aromatic rings. The highest BCUT2D eigenvalue weighted by Gasteiger charge is 2.37. The first kappa shape index (κ1) is 10.4. The van der Waals surface area contributed by atoms with E-state index in [1.165, 1.54) is 6.07 Å². The standard InChI is InChI=1S/C11H13F2NO/c12-8-2-1-7(10(15)9(8)13)3-4-11(14)5-6-11/h1-2,15H,3-6,14H2. The lowest BCUT2D eigenvalue weighted by Gasteiger charge is -2.09. The topological polar surface area (TPSA) is 46.2 Å². The zero-order chi connectivity index (χ0) is 11.1. The smallest absolute Gasteiger partial charge is 0.200 e. The van der Waals surface area contributed by atoms with Crippen LogP contribution in [-0.4, -0.2) is 10.6 Å². The van der Waals surface area contributed by atoms with Crippen molar-refractivity contribution >= 4 is 0 Å². The van der Waals surface area contributed by atoms with E-state index in [1.54, 1.807) is 0 Å². The summed E-state index contributed by atoms with van der Waals surface area (Å²) >= 11 is 0. The van der Waals surface area contributed by atoms with Crippen LogP contribution in [0.2, 0.25) is 0 Å². The van der Waals surface area contributed by atoms with E-state index in [1.807, 2.05) is 0 Å². The van der Waals surface area contributed by atoms with Crippen molar-refractivity contribution in [2.75, 3.05) is 0 Å². The van der Waals surface area contributed by atoms with Crippen LogP contribution >= 0.6 is 0 Å². The van der Waals surface area contributed by atoms with Crippen LogP contribution < -0.4 is 5.73 Å². The molecule has 1 saturated carbocycles. The minimum absolute atomic E-state index is 0.142. The van der Waals surface area contributed by atoms with Gasteiger partial charge in [-0.05, 0) is 37.3 Å². The van der Waals surface area contributed by atoms with E-state index in [0.29, 0.717) is 18.4 Å². The second-order valence-electron chi connectivity index (χ2n) is 4.23. The normalized spacial score (nSPS) is 17.8. The molecular weight excluding hydrogens is 200 g/mol. The van der Waals surface area contributed by atoms with Crippen molar-refractivity contribution in [2.45, 2.75) is 31.2 Å². The lowest BCUT2D eigenvalue weighted by molar-refractivity contribution is 0.399. The predicted molar refractivity (Wildman–Crippen MR) is 52.5 cm³/mol. The van der Waals surface area contributed by atoms with Crippen LogP contribution in [0.1, 0.15) is 24.8 Å². The number of hydrogen-bond acceptors (Lipinski definition) is 2. The molecule has 0 atom stereocenters. The molecule has 2 rings (SSSR count). The first-order chi connectivity index (χ1) is 7.02. The Kier molecular flexibility index (Phi) is 2.38. The zero-order valence-corrected chi connectivity index (χ0v) is 8.26. The van der Waals surface area contributed by atoms with Gasteiger partial charge in [-0.15, -0.1) is 0 Å². The highest BCUT2D eigenvalue weighted by atomic mass is 19.2. The van der Waals surface area contributed by atoms with Crippen molar-refractivity contribution in [3.05, 3.63) is 29.3 Å². The monoisotopic (exact) mass is 213 g/mol. The van der Waals surface area contributed by atoms with E-state index in [-0.39, 0.29) is 5.54 Å². The fourth-order valence-electron chi connectivity index (χ4n) is 1.58. The maximum absolute atomic E-state index is 13.0. The van der Waals surface area contributed by atoms with Crippen molar-refractivity contribution in [3.8, 4) is 5.75 Å². The van der Waals surface area contributed by atoms with Crippen LogP contribution in [0.25, 0.3) is 0 Å². The Bertz CT molecular complexity index is 388. The van der Waals surface area contributed by atoms with Gasteiger partial charge in [0.2, 0.25) is 5.82 Å². The molecule has 0 saturated heterocycles.